The summed E-state index contributed by atoms with van der Waals surface area (Å²) in [4.78, 5) is 28.6. The molecular weight excluding hydrogens is 390 g/mol. The van der Waals surface area contributed by atoms with Crippen LogP contribution in [0.25, 0.3) is 0 Å². The van der Waals surface area contributed by atoms with Crippen LogP contribution < -0.4 is 15.5 Å². The second-order valence-corrected chi connectivity index (χ2v) is 8.83. The SMILES string of the molecule is O=NOC(CNC(=O)C1CC1)CNc1cc(F)c(N2CC3(CSC3)C2)c(F)c1. The van der Waals surface area contributed by atoms with Crippen molar-refractivity contribution in [2.75, 3.05) is 47.9 Å². The maximum Gasteiger partial charge on any atom is 0.223 e. The van der Waals surface area contributed by atoms with E-state index in [1.165, 1.54) is 12.1 Å². The summed E-state index contributed by atoms with van der Waals surface area (Å²) in [6.07, 6.45) is 0.990. The largest absolute Gasteiger partial charge is 0.381 e. The van der Waals surface area contributed by atoms with Crippen LogP contribution >= 0.6 is 11.8 Å². The highest BCUT2D eigenvalue weighted by Crippen LogP contribution is 2.47. The molecule has 1 aromatic carbocycles. The van der Waals surface area contributed by atoms with Gasteiger partial charge in [0.2, 0.25) is 5.91 Å². The fourth-order valence-corrected chi connectivity index (χ4v) is 4.75. The molecule has 3 aliphatic rings. The molecule has 2 saturated heterocycles. The Balaban J connectivity index is 1.33. The Morgan fingerprint density at radius 2 is 1.96 bits per heavy atom. The first kappa shape index (κ1) is 19.2. The van der Waals surface area contributed by atoms with Gasteiger partial charge >= 0.3 is 0 Å². The summed E-state index contributed by atoms with van der Waals surface area (Å²) in [5.74, 6) is 0.798. The minimum absolute atomic E-state index is 0.00660. The van der Waals surface area contributed by atoms with Crippen molar-refractivity contribution < 1.29 is 18.4 Å². The van der Waals surface area contributed by atoms with Gasteiger partial charge in [0, 0.05) is 41.6 Å². The number of rotatable bonds is 9. The Kier molecular flexibility index (Phi) is 5.31. The number of anilines is 2. The average molecular weight is 412 g/mol. The molecule has 7 nitrogen and oxygen atoms in total. The normalized spacial score (nSPS) is 20.7. The Bertz CT molecular complexity index is 742. The van der Waals surface area contributed by atoms with E-state index >= 15 is 0 Å². The lowest BCUT2D eigenvalue weighted by molar-refractivity contribution is -0.122. The highest BCUT2D eigenvalue weighted by atomic mass is 32.2. The second kappa shape index (κ2) is 7.73. The zero-order chi connectivity index (χ0) is 19.7. The van der Waals surface area contributed by atoms with E-state index in [0.29, 0.717) is 13.1 Å². The van der Waals surface area contributed by atoms with Gasteiger partial charge in [0.05, 0.1) is 13.1 Å². The minimum Gasteiger partial charge on any atom is -0.381 e. The molecule has 0 radical (unpaired) electrons. The summed E-state index contributed by atoms with van der Waals surface area (Å²) in [5, 5.41) is 7.94. The number of carbonyl (C=O) groups excluding carboxylic acids is 1. The van der Waals surface area contributed by atoms with E-state index in [2.05, 4.69) is 16.0 Å². The first-order valence-electron chi connectivity index (χ1n) is 9.31. The van der Waals surface area contributed by atoms with E-state index in [0.717, 1.165) is 24.3 Å². The molecule has 1 spiro atoms. The zero-order valence-electron chi connectivity index (χ0n) is 15.2. The Morgan fingerprint density at radius 3 is 2.50 bits per heavy atom. The number of thioether (sulfide) groups is 1. The first-order chi connectivity index (χ1) is 13.5. The van der Waals surface area contributed by atoms with E-state index in [9.17, 15) is 18.5 Å². The zero-order valence-corrected chi connectivity index (χ0v) is 16.1. The van der Waals surface area contributed by atoms with Gasteiger partial charge in [0.25, 0.3) is 0 Å². The lowest BCUT2D eigenvalue weighted by Crippen LogP contribution is -2.63. The minimum atomic E-state index is -0.739. The molecule has 1 unspecified atom stereocenters. The fourth-order valence-electron chi connectivity index (χ4n) is 3.61. The summed E-state index contributed by atoms with van der Waals surface area (Å²) in [5.41, 5.74) is 0.478. The van der Waals surface area contributed by atoms with Crippen molar-refractivity contribution in [2.45, 2.75) is 18.9 Å². The third-order valence-electron chi connectivity index (χ3n) is 5.38. The van der Waals surface area contributed by atoms with Gasteiger partial charge < -0.3 is 20.4 Å². The molecule has 10 heteroatoms. The number of hydrogen-bond acceptors (Lipinski definition) is 7. The predicted molar refractivity (Wildman–Crippen MR) is 103 cm³/mol. The summed E-state index contributed by atoms with van der Waals surface area (Å²) in [7, 11) is 0. The van der Waals surface area contributed by atoms with Crippen LogP contribution in [0.15, 0.2) is 17.5 Å². The molecule has 3 fully saturated rings. The summed E-state index contributed by atoms with van der Waals surface area (Å²) in [6, 6.07) is 2.46. The van der Waals surface area contributed by atoms with E-state index < -0.39 is 17.7 Å². The highest BCUT2D eigenvalue weighted by molar-refractivity contribution is 8.00. The Morgan fingerprint density at radius 1 is 1.29 bits per heavy atom. The topological polar surface area (TPSA) is 83.0 Å². The fraction of sp³-hybridized carbons (Fsp3) is 0.611. The molecule has 2 heterocycles. The number of benzene rings is 1. The van der Waals surface area contributed by atoms with Crippen molar-refractivity contribution in [3.8, 4) is 0 Å². The smallest absolute Gasteiger partial charge is 0.223 e. The van der Waals surface area contributed by atoms with Crippen LogP contribution in [0, 0.1) is 27.9 Å². The number of carbonyl (C=O) groups is 1. The third kappa shape index (κ3) is 4.01. The molecule has 1 aromatic rings. The Hall–Kier alpha value is -2.10. The third-order valence-corrected chi connectivity index (χ3v) is 7.01. The number of hydrogen-bond donors (Lipinski definition) is 2. The highest BCUT2D eigenvalue weighted by Gasteiger charge is 2.49. The molecule has 1 atom stereocenters. The number of nitrogens with zero attached hydrogens (tertiary/aromatic N) is 2. The van der Waals surface area contributed by atoms with E-state index in [4.69, 9.17) is 4.84 Å². The van der Waals surface area contributed by atoms with Crippen LogP contribution in [0.4, 0.5) is 20.2 Å². The monoisotopic (exact) mass is 412 g/mol. The molecular formula is C18H22F2N4O3S. The second-order valence-electron chi connectivity index (χ2n) is 7.84. The van der Waals surface area contributed by atoms with Crippen molar-refractivity contribution in [3.05, 3.63) is 28.7 Å². The van der Waals surface area contributed by atoms with Crippen LogP contribution in [0.5, 0.6) is 0 Å². The molecule has 152 valence electrons. The van der Waals surface area contributed by atoms with Gasteiger partial charge in [-0.05, 0) is 25.0 Å². The van der Waals surface area contributed by atoms with Crippen LogP contribution in [-0.2, 0) is 9.63 Å². The maximum absolute atomic E-state index is 14.5. The van der Waals surface area contributed by atoms with E-state index in [1.807, 2.05) is 11.8 Å². The first-order valence-corrected chi connectivity index (χ1v) is 10.5. The maximum atomic E-state index is 14.5. The van der Waals surface area contributed by atoms with Crippen molar-refractivity contribution in [1.82, 2.24) is 5.32 Å². The molecule has 2 aliphatic heterocycles. The van der Waals surface area contributed by atoms with E-state index in [-0.39, 0.29) is 41.7 Å². The van der Waals surface area contributed by atoms with Gasteiger partial charge in [-0.3, -0.25) is 4.79 Å². The van der Waals surface area contributed by atoms with Gasteiger partial charge in [0.15, 0.2) is 23.1 Å². The van der Waals surface area contributed by atoms with Crippen molar-refractivity contribution >= 4 is 29.0 Å². The van der Waals surface area contributed by atoms with Crippen LogP contribution in [0.2, 0.25) is 0 Å². The van der Waals surface area contributed by atoms with Crippen molar-refractivity contribution in [1.29, 1.82) is 0 Å². The van der Waals surface area contributed by atoms with E-state index in [1.54, 1.807) is 4.90 Å². The number of halogens is 2. The Labute approximate surface area is 165 Å². The lowest BCUT2D eigenvalue weighted by atomic mass is 9.82. The summed E-state index contributed by atoms with van der Waals surface area (Å²) in [6.45, 7) is 1.52. The van der Waals surface area contributed by atoms with Gasteiger partial charge in [-0.15, -0.1) is 4.91 Å². The standard InChI is InChI=1S/C18H22F2N4O3S/c19-14-3-12(4-15(20)16(14)24-7-18(8-24)9-28-10-18)21-5-13(27-23-26)6-22-17(25)11-1-2-11/h3-4,11,13,21H,1-2,5-10H2,(H,22,25). The van der Waals surface area contributed by atoms with Crippen molar-refractivity contribution in [3.63, 3.8) is 0 Å². The van der Waals surface area contributed by atoms with Crippen LogP contribution in [0.1, 0.15) is 12.8 Å². The van der Waals surface area contributed by atoms with Crippen LogP contribution in [-0.4, -0.2) is 49.7 Å². The predicted octanol–water partition coefficient (Wildman–Crippen LogP) is 2.52. The van der Waals surface area contributed by atoms with Gasteiger partial charge in [-0.2, -0.15) is 11.8 Å². The molecule has 2 N–H and O–H groups in total. The van der Waals surface area contributed by atoms with Crippen molar-refractivity contribution in [2.24, 2.45) is 16.7 Å². The lowest BCUT2D eigenvalue weighted by Gasteiger charge is -2.56. The molecule has 0 bridgehead atoms. The summed E-state index contributed by atoms with van der Waals surface area (Å²) < 4.78 is 29.0. The number of amides is 1. The molecule has 1 saturated carbocycles. The molecule has 28 heavy (non-hydrogen) atoms. The molecule has 4 rings (SSSR count). The molecule has 1 aliphatic carbocycles. The average Bonchev–Trinajstić information content (AvgIpc) is 3.41. The molecule has 0 aromatic heterocycles. The van der Waals surface area contributed by atoms with Gasteiger partial charge in [-0.25, -0.2) is 8.78 Å². The quantitative estimate of drug-likeness (QED) is 0.479. The van der Waals surface area contributed by atoms with Crippen LogP contribution in [0.3, 0.4) is 0 Å². The van der Waals surface area contributed by atoms with Gasteiger partial charge in [-0.1, -0.05) is 0 Å². The molecule has 1 amide bonds. The summed E-state index contributed by atoms with van der Waals surface area (Å²) >= 11 is 1.86. The van der Waals surface area contributed by atoms with Gasteiger partial charge in [0.1, 0.15) is 5.69 Å². The number of nitrogens with one attached hydrogen (secondary N) is 2.